The fraction of sp³-hybridized carbons (Fsp3) is 0.400. The van der Waals surface area contributed by atoms with E-state index in [1.54, 1.807) is 6.07 Å². The first kappa shape index (κ1) is 14.5. The molecule has 1 heterocycles. The van der Waals surface area contributed by atoms with E-state index in [1.807, 2.05) is 0 Å². The zero-order valence-electron chi connectivity index (χ0n) is 11.0. The van der Waals surface area contributed by atoms with Crippen LogP contribution in [0.4, 0.5) is 10.1 Å². The minimum absolute atomic E-state index is 0.0514. The quantitative estimate of drug-likeness (QED) is 0.826. The maximum atomic E-state index is 13.8. The molecule has 106 valence electrons. The Morgan fingerprint density at radius 1 is 1.55 bits per heavy atom. The molecule has 1 saturated heterocycles. The first-order valence-corrected chi connectivity index (χ1v) is 6.52. The highest BCUT2D eigenvalue weighted by atomic mass is 19.1. The summed E-state index contributed by atoms with van der Waals surface area (Å²) in [4.78, 5) is 11.8. The van der Waals surface area contributed by atoms with E-state index in [0.717, 1.165) is 6.42 Å². The third-order valence-electron chi connectivity index (χ3n) is 2.92. The van der Waals surface area contributed by atoms with Crippen LogP contribution in [0.5, 0.6) is 0 Å². The Balaban J connectivity index is 2.01. The van der Waals surface area contributed by atoms with Crippen molar-refractivity contribution < 1.29 is 19.0 Å². The molecule has 5 heteroatoms. The number of nitrogens with one attached hydrogen (secondary N) is 1. The highest BCUT2D eigenvalue weighted by molar-refractivity contribution is 5.94. The van der Waals surface area contributed by atoms with Gasteiger partial charge in [-0.3, -0.25) is 4.79 Å². The summed E-state index contributed by atoms with van der Waals surface area (Å²) in [5.74, 6) is 4.53. The number of hydrogen-bond acceptors (Lipinski definition) is 3. The Morgan fingerprint density at radius 3 is 3.05 bits per heavy atom. The van der Waals surface area contributed by atoms with E-state index in [9.17, 15) is 9.18 Å². The van der Waals surface area contributed by atoms with Crippen molar-refractivity contribution in [3.05, 3.63) is 29.6 Å². The molecular formula is C15H16FNO3. The number of amides is 1. The fourth-order valence-corrected chi connectivity index (χ4v) is 1.92. The summed E-state index contributed by atoms with van der Waals surface area (Å²) in [6.45, 7) is 0.538. The summed E-state index contributed by atoms with van der Waals surface area (Å²) in [7, 11) is 0. The lowest BCUT2D eigenvalue weighted by Crippen LogP contribution is -2.26. The van der Waals surface area contributed by atoms with Gasteiger partial charge in [0.25, 0.3) is 5.91 Å². The molecule has 0 saturated carbocycles. The van der Waals surface area contributed by atoms with Crippen LogP contribution in [-0.4, -0.2) is 30.3 Å². The topological polar surface area (TPSA) is 58.6 Å². The molecule has 2 N–H and O–H groups in total. The zero-order valence-corrected chi connectivity index (χ0v) is 11.0. The van der Waals surface area contributed by atoms with Gasteiger partial charge in [-0.2, -0.15) is 0 Å². The van der Waals surface area contributed by atoms with E-state index in [1.165, 1.54) is 12.1 Å². The average Bonchev–Trinajstić information content (AvgIpc) is 2.95. The minimum Gasteiger partial charge on any atom is -0.395 e. The molecule has 1 fully saturated rings. The second kappa shape index (κ2) is 7.04. The van der Waals surface area contributed by atoms with Crippen LogP contribution in [0.2, 0.25) is 0 Å². The van der Waals surface area contributed by atoms with Crippen LogP contribution in [0, 0.1) is 17.7 Å². The number of aliphatic hydroxyl groups excluding tert-OH is 1. The molecule has 20 heavy (non-hydrogen) atoms. The number of halogens is 1. The van der Waals surface area contributed by atoms with Crippen molar-refractivity contribution in [1.29, 1.82) is 0 Å². The van der Waals surface area contributed by atoms with E-state index < -0.39 is 11.9 Å². The fourth-order valence-electron chi connectivity index (χ4n) is 1.92. The summed E-state index contributed by atoms with van der Waals surface area (Å²) < 4.78 is 19.0. The van der Waals surface area contributed by atoms with Gasteiger partial charge in [0.2, 0.25) is 0 Å². The van der Waals surface area contributed by atoms with Gasteiger partial charge in [-0.1, -0.05) is 11.8 Å². The van der Waals surface area contributed by atoms with E-state index in [4.69, 9.17) is 9.84 Å². The molecule has 1 aromatic rings. The van der Waals surface area contributed by atoms with Gasteiger partial charge >= 0.3 is 0 Å². The summed E-state index contributed by atoms with van der Waals surface area (Å²) >= 11 is 0. The molecule has 0 bridgehead atoms. The van der Waals surface area contributed by atoms with Crippen molar-refractivity contribution in [2.24, 2.45) is 0 Å². The lowest BCUT2D eigenvalue weighted by Gasteiger charge is -2.10. The van der Waals surface area contributed by atoms with Crippen molar-refractivity contribution in [1.82, 2.24) is 0 Å². The second-order valence-corrected chi connectivity index (χ2v) is 4.46. The summed E-state index contributed by atoms with van der Waals surface area (Å²) in [6, 6.07) is 4.33. The molecule has 1 unspecified atom stereocenters. The molecular weight excluding hydrogens is 261 g/mol. The molecule has 1 aromatic carbocycles. The molecule has 0 aromatic heterocycles. The van der Waals surface area contributed by atoms with Crippen LogP contribution in [0.25, 0.3) is 0 Å². The molecule has 0 spiro atoms. The average molecular weight is 277 g/mol. The SMILES string of the molecule is O=C(Nc1ccc(C#CCCO)c(F)c1)C1CCCO1. The molecule has 1 aliphatic heterocycles. The van der Waals surface area contributed by atoms with Gasteiger partial charge in [0.05, 0.1) is 12.2 Å². The van der Waals surface area contributed by atoms with E-state index in [0.29, 0.717) is 25.1 Å². The number of ether oxygens (including phenoxy) is 1. The minimum atomic E-state index is -0.499. The normalized spacial score (nSPS) is 17.4. The monoisotopic (exact) mass is 277 g/mol. The summed E-state index contributed by atoms with van der Waals surface area (Å²) in [5.41, 5.74) is 0.629. The lowest BCUT2D eigenvalue weighted by atomic mass is 10.1. The number of rotatable bonds is 3. The Labute approximate surface area is 116 Å². The highest BCUT2D eigenvalue weighted by Gasteiger charge is 2.23. The van der Waals surface area contributed by atoms with Crippen LogP contribution in [0.3, 0.4) is 0 Å². The predicted molar refractivity (Wildman–Crippen MR) is 72.6 cm³/mol. The van der Waals surface area contributed by atoms with Crippen LogP contribution < -0.4 is 5.32 Å². The van der Waals surface area contributed by atoms with Crippen LogP contribution in [-0.2, 0) is 9.53 Å². The third-order valence-corrected chi connectivity index (χ3v) is 2.92. The molecule has 1 amide bonds. The number of carbonyl (C=O) groups is 1. The maximum Gasteiger partial charge on any atom is 0.253 e. The standard InChI is InChI=1S/C15H16FNO3/c16-13-10-12(7-6-11(13)4-1-2-8-18)17-15(19)14-5-3-9-20-14/h6-7,10,14,18H,2-3,5,8-9H2,(H,17,19). The molecule has 0 radical (unpaired) electrons. The summed E-state index contributed by atoms with van der Waals surface area (Å²) in [6.07, 6.45) is 1.42. The lowest BCUT2D eigenvalue weighted by molar-refractivity contribution is -0.124. The molecule has 4 nitrogen and oxygen atoms in total. The van der Waals surface area contributed by atoms with Gasteiger partial charge in [0, 0.05) is 18.7 Å². The first-order valence-electron chi connectivity index (χ1n) is 6.52. The van der Waals surface area contributed by atoms with Crippen molar-refractivity contribution in [2.45, 2.75) is 25.4 Å². The van der Waals surface area contributed by atoms with Gasteiger partial charge in [-0.05, 0) is 31.0 Å². The van der Waals surface area contributed by atoms with E-state index in [2.05, 4.69) is 17.2 Å². The van der Waals surface area contributed by atoms with Crippen LogP contribution >= 0.6 is 0 Å². The van der Waals surface area contributed by atoms with Gasteiger partial charge in [0.1, 0.15) is 11.9 Å². The van der Waals surface area contributed by atoms with Crippen molar-refractivity contribution in [2.75, 3.05) is 18.5 Å². The maximum absolute atomic E-state index is 13.8. The predicted octanol–water partition coefficient (Wildman–Crippen LogP) is 1.68. The first-order chi connectivity index (χ1) is 9.70. The Bertz CT molecular complexity index is 542. The summed E-state index contributed by atoms with van der Waals surface area (Å²) in [5, 5.41) is 11.2. The van der Waals surface area contributed by atoms with Crippen molar-refractivity contribution >= 4 is 11.6 Å². The molecule has 1 aliphatic rings. The largest absolute Gasteiger partial charge is 0.395 e. The Hall–Kier alpha value is -1.90. The van der Waals surface area contributed by atoms with E-state index in [-0.39, 0.29) is 18.1 Å². The van der Waals surface area contributed by atoms with Gasteiger partial charge in [-0.15, -0.1) is 0 Å². The van der Waals surface area contributed by atoms with Gasteiger partial charge < -0.3 is 15.2 Å². The van der Waals surface area contributed by atoms with Crippen LogP contribution in [0.15, 0.2) is 18.2 Å². The number of hydrogen-bond donors (Lipinski definition) is 2. The number of anilines is 1. The Kier molecular flexibility index (Phi) is 5.10. The second-order valence-electron chi connectivity index (χ2n) is 4.46. The number of aliphatic hydroxyl groups is 1. The number of carbonyl (C=O) groups excluding carboxylic acids is 1. The van der Waals surface area contributed by atoms with E-state index >= 15 is 0 Å². The van der Waals surface area contributed by atoms with Crippen molar-refractivity contribution in [3.8, 4) is 11.8 Å². The molecule has 0 aliphatic carbocycles. The van der Waals surface area contributed by atoms with Crippen LogP contribution in [0.1, 0.15) is 24.8 Å². The van der Waals surface area contributed by atoms with Gasteiger partial charge in [-0.25, -0.2) is 4.39 Å². The van der Waals surface area contributed by atoms with Crippen molar-refractivity contribution in [3.63, 3.8) is 0 Å². The highest BCUT2D eigenvalue weighted by Crippen LogP contribution is 2.17. The number of benzene rings is 1. The van der Waals surface area contributed by atoms with Gasteiger partial charge in [0.15, 0.2) is 0 Å². The Morgan fingerprint density at radius 2 is 2.40 bits per heavy atom. The zero-order chi connectivity index (χ0) is 14.4. The molecule has 1 atom stereocenters. The smallest absolute Gasteiger partial charge is 0.253 e. The molecule has 2 rings (SSSR count). The third kappa shape index (κ3) is 3.80.